The van der Waals surface area contributed by atoms with E-state index in [9.17, 15) is 0 Å². The molecule has 0 saturated carbocycles. The van der Waals surface area contributed by atoms with Gasteiger partial charge < -0.3 is 15.2 Å². The van der Waals surface area contributed by atoms with Crippen molar-refractivity contribution in [3.63, 3.8) is 0 Å². The van der Waals surface area contributed by atoms with Gasteiger partial charge in [0.1, 0.15) is 10.7 Å². The van der Waals surface area contributed by atoms with Gasteiger partial charge >= 0.3 is 0 Å². The Morgan fingerprint density at radius 3 is 3.12 bits per heavy atom. The molecule has 4 heteroatoms. The summed E-state index contributed by atoms with van der Waals surface area (Å²) < 4.78 is 11.0. The number of benzene rings is 1. The summed E-state index contributed by atoms with van der Waals surface area (Å²) in [5.41, 5.74) is 6.40. The van der Waals surface area contributed by atoms with Gasteiger partial charge in [0.15, 0.2) is 0 Å². The van der Waals surface area contributed by atoms with Crippen LogP contribution in [0.25, 0.3) is 0 Å². The Kier molecular flexibility index (Phi) is 3.74. The van der Waals surface area contributed by atoms with Crippen LogP contribution < -0.4 is 10.5 Å². The minimum absolute atomic E-state index is 0.398. The molecule has 3 nitrogen and oxygen atoms in total. The van der Waals surface area contributed by atoms with Gasteiger partial charge in [0.2, 0.25) is 0 Å². The normalized spacial score (nSPS) is 19.6. The number of rotatable bonds is 4. The monoisotopic (exact) mass is 237 g/mol. The minimum Gasteiger partial charge on any atom is -0.493 e. The zero-order chi connectivity index (χ0) is 11.4. The first-order valence-corrected chi connectivity index (χ1v) is 5.77. The molecular weight excluding hydrogens is 222 g/mol. The molecule has 0 amide bonds. The second kappa shape index (κ2) is 5.27. The molecule has 0 aliphatic carbocycles. The quantitative estimate of drug-likeness (QED) is 0.810. The van der Waals surface area contributed by atoms with E-state index in [1.807, 2.05) is 24.3 Å². The molecule has 1 aliphatic heterocycles. The van der Waals surface area contributed by atoms with Crippen molar-refractivity contribution in [2.75, 3.05) is 19.8 Å². The van der Waals surface area contributed by atoms with Crippen LogP contribution in [0.4, 0.5) is 0 Å². The maximum atomic E-state index is 5.69. The fourth-order valence-corrected chi connectivity index (χ4v) is 1.79. The average molecular weight is 237 g/mol. The molecule has 1 aromatic carbocycles. The van der Waals surface area contributed by atoms with Crippen LogP contribution in [0.3, 0.4) is 0 Å². The van der Waals surface area contributed by atoms with Crippen molar-refractivity contribution in [1.29, 1.82) is 0 Å². The summed E-state index contributed by atoms with van der Waals surface area (Å²) in [7, 11) is 0. The number of thiocarbonyl (C=S) groups is 1. The van der Waals surface area contributed by atoms with Gasteiger partial charge in [-0.05, 0) is 18.6 Å². The van der Waals surface area contributed by atoms with Crippen LogP contribution >= 0.6 is 12.2 Å². The van der Waals surface area contributed by atoms with Gasteiger partial charge in [-0.1, -0.05) is 24.4 Å². The predicted molar refractivity (Wildman–Crippen MR) is 66.8 cm³/mol. The van der Waals surface area contributed by atoms with Crippen molar-refractivity contribution in [1.82, 2.24) is 0 Å². The maximum absolute atomic E-state index is 5.69. The molecule has 1 saturated heterocycles. The smallest absolute Gasteiger partial charge is 0.120 e. The van der Waals surface area contributed by atoms with Crippen LogP contribution in [0, 0.1) is 5.92 Å². The van der Waals surface area contributed by atoms with Gasteiger partial charge in [0.05, 0.1) is 13.2 Å². The maximum Gasteiger partial charge on any atom is 0.120 e. The molecule has 0 spiro atoms. The first-order valence-electron chi connectivity index (χ1n) is 5.36. The zero-order valence-corrected chi connectivity index (χ0v) is 9.83. The lowest BCUT2D eigenvalue weighted by Crippen LogP contribution is -2.13. The van der Waals surface area contributed by atoms with Gasteiger partial charge in [0, 0.05) is 18.1 Å². The Hall–Kier alpha value is -1.13. The lowest BCUT2D eigenvalue weighted by atomic mass is 10.1. The Labute approximate surface area is 101 Å². The Balaban J connectivity index is 1.93. The minimum atomic E-state index is 0.398. The van der Waals surface area contributed by atoms with Gasteiger partial charge in [0.25, 0.3) is 0 Å². The summed E-state index contributed by atoms with van der Waals surface area (Å²) in [6.45, 7) is 2.34. The van der Waals surface area contributed by atoms with Crippen molar-refractivity contribution < 1.29 is 9.47 Å². The molecule has 2 N–H and O–H groups in total. The lowest BCUT2D eigenvalue weighted by molar-refractivity contribution is 0.167. The zero-order valence-electron chi connectivity index (χ0n) is 9.02. The highest BCUT2D eigenvalue weighted by Gasteiger charge is 2.16. The largest absolute Gasteiger partial charge is 0.493 e. The van der Waals surface area contributed by atoms with Crippen molar-refractivity contribution in [3.8, 4) is 5.75 Å². The summed E-state index contributed by atoms with van der Waals surface area (Å²) in [5, 5.41) is 0. The molecule has 0 radical (unpaired) electrons. The number of hydrogen-bond donors (Lipinski definition) is 1. The van der Waals surface area contributed by atoms with E-state index < -0.39 is 0 Å². The molecule has 1 heterocycles. The molecule has 0 aromatic heterocycles. The van der Waals surface area contributed by atoms with Crippen molar-refractivity contribution >= 4 is 17.2 Å². The SMILES string of the molecule is NC(=S)c1cccc(OCC2CCOC2)c1. The average Bonchev–Trinajstić information content (AvgIpc) is 2.79. The fraction of sp³-hybridized carbons (Fsp3) is 0.417. The molecule has 2 rings (SSSR count). The van der Waals surface area contributed by atoms with Crippen LogP contribution in [0.5, 0.6) is 5.75 Å². The number of nitrogens with two attached hydrogens (primary N) is 1. The summed E-state index contributed by atoms with van der Waals surface area (Å²) in [5.74, 6) is 1.32. The topological polar surface area (TPSA) is 44.5 Å². The van der Waals surface area contributed by atoms with Crippen molar-refractivity contribution in [2.45, 2.75) is 6.42 Å². The van der Waals surface area contributed by atoms with E-state index in [1.165, 1.54) is 0 Å². The molecule has 1 aliphatic rings. The molecule has 1 aromatic rings. The molecular formula is C12H15NO2S. The molecule has 16 heavy (non-hydrogen) atoms. The first-order chi connectivity index (χ1) is 7.75. The van der Waals surface area contributed by atoms with E-state index in [0.717, 1.165) is 30.9 Å². The van der Waals surface area contributed by atoms with Crippen molar-refractivity contribution in [3.05, 3.63) is 29.8 Å². The third kappa shape index (κ3) is 2.93. The third-order valence-corrected chi connectivity index (χ3v) is 2.86. The summed E-state index contributed by atoms with van der Waals surface area (Å²) in [6, 6.07) is 7.57. The molecule has 1 fully saturated rings. The van der Waals surface area contributed by atoms with Crippen LogP contribution in [-0.4, -0.2) is 24.8 Å². The van der Waals surface area contributed by atoms with Gasteiger partial charge in [-0.25, -0.2) is 0 Å². The van der Waals surface area contributed by atoms with Crippen molar-refractivity contribution in [2.24, 2.45) is 11.7 Å². The molecule has 0 bridgehead atoms. The van der Waals surface area contributed by atoms with Crippen LogP contribution in [0.2, 0.25) is 0 Å². The van der Waals surface area contributed by atoms with E-state index in [0.29, 0.717) is 17.5 Å². The molecule has 1 unspecified atom stereocenters. The summed E-state index contributed by atoms with van der Waals surface area (Å²) in [6.07, 6.45) is 1.08. The summed E-state index contributed by atoms with van der Waals surface area (Å²) in [4.78, 5) is 0.398. The second-order valence-corrected chi connectivity index (χ2v) is 4.37. The van der Waals surface area contributed by atoms with E-state index in [2.05, 4.69) is 0 Å². The highest BCUT2D eigenvalue weighted by atomic mass is 32.1. The van der Waals surface area contributed by atoms with E-state index in [1.54, 1.807) is 0 Å². The summed E-state index contributed by atoms with van der Waals surface area (Å²) >= 11 is 4.92. The van der Waals surface area contributed by atoms with Crippen LogP contribution in [-0.2, 0) is 4.74 Å². The van der Waals surface area contributed by atoms with E-state index in [-0.39, 0.29) is 0 Å². The highest BCUT2D eigenvalue weighted by molar-refractivity contribution is 7.80. The fourth-order valence-electron chi connectivity index (χ4n) is 1.67. The molecule has 86 valence electrons. The van der Waals surface area contributed by atoms with Gasteiger partial charge in [-0.3, -0.25) is 0 Å². The number of hydrogen-bond acceptors (Lipinski definition) is 3. The van der Waals surface area contributed by atoms with Gasteiger partial charge in [-0.15, -0.1) is 0 Å². The Bertz CT molecular complexity index is 375. The second-order valence-electron chi connectivity index (χ2n) is 3.93. The molecule has 1 atom stereocenters. The van der Waals surface area contributed by atoms with Crippen LogP contribution in [0.1, 0.15) is 12.0 Å². The Morgan fingerprint density at radius 1 is 1.56 bits per heavy atom. The van der Waals surface area contributed by atoms with Gasteiger partial charge in [-0.2, -0.15) is 0 Å². The van der Waals surface area contributed by atoms with E-state index in [4.69, 9.17) is 27.4 Å². The Morgan fingerprint density at radius 2 is 2.44 bits per heavy atom. The third-order valence-electron chi connectivity index (χ3n) is 2.63. The lowest BCUT2D eigenvalue weighted by Gasteiger charge is -2.10. The predicted octanol–water partition coefficient (Wildman–Crippen LogP) is 1.74. The highest BCUT2D eigenvalue weighted by Crippen LogP contribution is 2.17. The van der Waals surface area contributed by atoms with Crippen LogP contribution in [0.15, 0.2) is 24.3 Å². The number of ether oxygens (including phenoxy) is 2. The standard InChI is InChI=1S/C12H15NO2S/c13-12(16)10-2-1-3-11(6-10)15-8-9-4-5-14-7-9/h1-3,6,9H,4-5,7-8H2,(H2,13,16). The first kappa shape index (κ1) is 11.4. The van der Waals surface area contributed by atoms with E-state index >= 15 is 0 Å².